The zero-order chi connectivity index (χ0) is 10.1. The third kappa shape index (κ3) is 1.63. The van der Waals surface area contributed by atoms with Gasteiger partial charge >= 0.3 is 0 Å². The SMILES string of the molecule is CSC(=O)C(=O)c1cc2ccsc2s1. The zero-order valence-corrected chi connectivity index (χ0v) is 9.72. The third-order valence-electron chi connectivity index (χ3n) is 1.74. The molecule has 0 amide bonds. The van der Waals surface area contributed by atoms with Crippen LogP contribution in [0.5, 0.6) is 0 Å². The topological polar surface area (TPSA) is 34.1 Å². The van der Waals surface area contributed by atoms with Crippen molar-refractivity contribution in [2.45, 2.75) is 0 Å². The highest BCUT2D eigenvalue weighted by molar-refractivity contribution is 8.14. The van der Waals surface area contributed by atoms with Gasteiger partial charge in [0.2, 0.25) is 5.78 Å². The van der Waals surface area contributed by atoms with E-state index in [2.05, 4.69) is 0 Å². The molecular formula is C9H6O2S3. The average molecular weight is 242 g/mol. The maximum atomic E-state index is 11.5. The van der Waals surface area contributed by atoms with Gasteiger partial charge in [0.15, 0.2) is 0 Å². The summed E-state index contributed by atoms with van der Waals surface area (Å²) in [5.41, 5.74) is 0. The minimum Gasteiger partial charge on any atom is -0.283 e. The molecule has 2 aromatic rings. The van der Waals surface area contributed by atoms with Crippen molar-refractivity contribution < 1.29 is 9.59 Å². The lowest BCUT2D eigenvalue weighted by Gasteiger charge is -1.90. The molecule has 2 aromatic heterocycles. The molecule has 0 atom stereocenters. The summed E-state index contributed by atoms with van der Waals surface area (Å²) in [5.74, 6) is -0.383. The fraction of sp³-hybridized carbons (Fsp3) is 0.111. The van der Waals surface area contributed by atoms with Gasteiger partial charge in [-0.05, 0) is 23.8 Å². The molecule has 0 aliphatic carbocycles. The Bertz CT molecular complexity index is 466. The van der Waals surface area contributed by atoms with E-state index in [-0.39, 0.29) is 10.9 Å². The van der Waals surface area contributed by atoms with E-state index in [4.69, 9.17) is 0 Å². The summed E-state index contributed by atoms with van der Waals surface area (Å²) in [6, 6.07) is 3.74. The molecule has 2 heterocycles. The molecule has 72 valence electrons. The largest absolute Gasteiger partial charge is 0.283 e. The van der Waals surface area contributed by atoms with Gasteiger partial charge in [0, 0.05) is 5.39 Å². The second-order valence-electron chi connectivity index (χ2n) is 2.59. The van der Waals surface area contributed by atoms with Gasteiger partial charge in [0.05, 0.1) is 8.89 Å². The molecule has 0 aromatic carbocycles. The number of carbonyl (C=O) groups is 2. The summed E-state index contributed by atoms with van der Waals surface area (Å²) >= 11 is 3.95. The number of hydrogen-bond donors (Lipinski definition) is 0. The molecule has 5 heteroatoms. The molecule has 0 aliphatic rings. The van der Waals surface area contributed by atoms with E-state index in [0.29, 0.717) is 4.88 Å². The van der Waals surface area contributed by atoms with E-state index in [9.17, 15) is 9.59 Å². The molecular weight excluding hydrogens is 236 g/mol. The first-order valence-electron chi connectivity index (χ1n) is 3.82. The number of rotatable bonds is 2. The highest BCUT2D eigenvalue weighted by atomic mass is 32.2. The zero-order valence-electron chi connectivity index (χ0n) is 7.27. The van der Waals surface area contributed by atoms with Crippen LogP contribution in [0.1, 0.15) is 9.67 Å². The van der Waals surface area contributed by atoms with Crippen molar-refractivity contribution >= 4 is 54.7 Å². The van der Waals surface area contributed by atoms with E-state index in [1.807, 2.05) is 11.4 Å². The van der Waals surface area contributed by atoms with Gasteiger partial charge in [0.1, 0.15) is 0 Å². The minimum absolute atomic E-state index is 0.383. The van der Waals surface area contributed by atoms with Crippen molar-refractivity contribution in [2.75, 3.05) is 6.26 Å². The average Bonchev–Trinajstić information content (AvgIpc) is 2.74. The molecule has 0 fully saturated rings. The van der Waals surface area contributed by atoms with E-state index < -0.39 is 0 Å². The molecule has 0 aliphatic heterocycles. The van der Waals surface area contributed by atoms with Gasteiger partial charge in [-0.3, -0.25) is 9.59 Å². The molecule has 0 unspecified atom stereocenters. The van der Waals surface area contributed by atoms with Gasteiger partial charge in [-0.15, -0.1) is 22.7 Å². The van der Waals surface area contributed by atoms with Crippen molar-refractivity contribution in [3.63, 3.8) is 0 Å². The van der Waals surface area contributed by atoms with Crippen molar-refractivity contribution in [1.29, 1.82) is 0 Å². The standard InChI is InChI=1S/C9H6O2S3/c1-12-8(11)7(10)6-4-5-2-3-13-9(5)14-6/h2-4H,1H3. The lowest BCUT2D eigenvalue weighted by Crippen LogP contribution is -2.07. The first-order chi connectivity index (χ1) is 6.72. The molecule has 0 saturated heterocycles. The van der Waals surface area contributed by atoms with Crippen LogP contribution in [0.15, 0.2) is 17.5 Å². The quantitative estimate of drug-likeness (QED) is 0.599. The summed E-state index contributed by atoms with van der Waals surface area (Å²) in [7, 11) is 0. The lowest BCUT2D eigenvalue weighted by atomic mass is 10.3. The number of fused-ring (bicyclic) bond motifs is 1. The Morgan fingerprint density at radius 1 is 1.43 bits per heavy atom. The molecule has 0 bridgehead atoms. The number of ketones is 1. The second kappa shape index (κ2) is 3.84. The normalized spacial score (nSPS) is 10.6. The minimum atomic E-state index is -0.390. The van der Waals surface area contributed by atoms with E-state index in [0.717, 1.165) is 21.2 Å². The molecule has 2 nitrogen and oxygen atoms in total. The van der Waals surface area contributed by atoms with Crippen LogP contribution in [-0.4, -0.2) is 17.2 Å². The number of Topliss-reactive ketones (excluding diaryl/α,β-unsaturated/α-hetero) is 1. The van der Waals surface area contributed by atoms with Crippen LogP contribution in [0.2, 0.25) is 0 Å². The third-order valence-corrected chi connectivity index (χ3v) is 4.50. The highest BCUT2D eigenvalue weighted by Crippen LogP contribution is 2.30. The smallest absolute Gasteiger partial charge is 0.260 e. The highest BCUT2D eigenvalue weighted by Gasteiger charge is 2.17. The summed E-state index contributed by atoms with van der Waals surface area (Å²) in [6.07, 6.45) is 1.62. The van der Waals surface area contributed by atoms with Gasteiger partial charge in [0.25, 0.3) is 5.12 Å². The first kappa shape index (κ1) is 9.89. The Hall–Kier alpha value is -0.650. The Morgan fingerprint density at radius 2 is 2.21 bits per heavy atom. The Labute approximate surface area is 92.9 Å². The van der Waals surface area contributed by atoms with E-state index in [1.165, 1.54) is 11.3 Å². The van der Waals surface area contributed by atoms with Gasteiger partial charge in [-0.2, -0.15) is 0 Å². The maximum Gasteiger partial charge on any atom is 0.260 e. The second-order valence-corrected chi connectivity index (χ2v) is 5.60. The summed E-state index contributed by atoms with van der Waals surface area (Å²) in [4.78, 5) is 23.2. The van der Waals surface area contributed by atoms with Crippen LogP contribution in [0, 0.1) is 0 Å². The number of hydrogen-bond acceptors (Lipinski definition) is 5. The van der Waals surface area contributed by atoms with Crippen molar-refractivity contribution in [3.8, 4) is 0 Å². The maximum absolute atomic E-state index is 11.5. The molecule has 2 rings (SSSR count). The fourth-order valence-corrected chi connectivity index (χ4v) is 3.48. The van der Waals surface area contributed by atoms with Crippen LogP contribution in [0.4, 0.5) is 0 Å². The van der Waals surface area contributed by atoms with Crippen molar-refractivity contribution in [1.82, 2.24) is 0 Å². The van der Waals surface area contributed by atoms with Crippen molar-refractivity contribution in [3.05, 3.63) is 22.4 Å². The van der Waals surface area contributed by atoms with Crippen LogP contribution in [-0.2, 0) is 4.79 Å². The van der Waals surface area contributed by atoms with Crippen LogP contribution < -0.4 is 0 Å². The first-order valence-corrected chi connectivity index (χ1v) is 6.74. The van der Waals surface area contributed by atoms with E-state index >= 15 is 0 Å². The molecule has 14 heavy (non-hydrogen) atoms. The van der Waals surface area contributed by atoms with Gasteiger partial charge in [-0.1, -0.05) is 11.8 Å². The van der Waals surface area contributed by atoms with Gasteiger partial charge in [-0.25, -0.2) is 0 Å². The number of thiophene rings is 2. The predicted molar refractivity (Wildman–Crippen MR) is 62.6 cm³/mol. The van der Waals surface area contributed by atoms with Crippen LogP contribution in [0.25, 0.3) is 9.40 Å². The summed E-state index contributed by atoms with van der Waals surface area (Å²) < 4.78 is 1.10. The van der Waals surface area contributed by atoms with E-state index in [1.54, 1.807) is 23.7 Å². The van der Waals surface area contributed by atoms with Crippen molar-refractivity contribution in [2.24, 2.45) is 0 Å². The van der Waals surface area contributed by atoms with Gasteiger partial charge < -0.3 is 0 Å². The number of carbonyl (C=O) groups excluding carboxylic acids is 2. The Balaban J connectivity index is 2.40. The fourth-order valence-electron chi connectivity index (χ4n) is 1.07. The number of thioether (sulfide) groups is 1. The van der Waals surface area contributed by atoms with Crippen LogP contribution >= 0.6 is 34.4 Å². The summed E-state index contributed by atoms with van der Waals surface area (Å²) in [6.45, 7) is 0. The molecule has 0 N–H and O–H groups in total. The molecule has 0 radical (unpaired) electrons. The summed E-state index contributed by atoms with van der Waals surface area (Å²) in [5, 5.41) is 2.64. The van der Waals surface area contributed by atoms with Crippen LogP contribution in [0.3, 0.4) is 0 Å². The Morgan fingerprint density at radius 3 is 2.86 bits per heavy atom. The Kier molecular flexibility index (Phi) is 2.71. The molecule has 0 spiro atoms. The predicted octanol–water partition coefficient (Wildman–Crippen LogP) is 3.04. The molecule has 0 saturated carbocycles. The lowest BCUT2D eigenvalue weighted by molar-refractivity contribution is -0.107. The monoisotopic (exact) mass is 242 g/mol.